The summed E-state index contributed by atoms with van der Waals surface area (Å²) in [6, 6.07) is 0. The van der Waals surface area contributed by atoms with Crippen molar-refractivity contribution in [3.8, 4) is 0 Å². The van der Waals surface area contributed by atoms with Gasteiger partial charge in [-0.15, -0.1) is 0 Å². The van der Waals surface area contributed by atoms with Crippen molar-refractivity contribution in [2.45, 2.75) is 38.4 Å². The average molecular weight is 260 g/mol. The Morgan fingerprint density at radius 2 is 2.11 bits per heavy atom. The van der Waals surface area contributed by atoms with Crippen LogP contribution in [0.1, 0.15) is 20.3 Å². The summed E-state index contributed by atoms with van der Waals surface area (Å²) in [5, 5.41) is 0. The van der Waals surface area contributed by atoms with E-state index >= 15 is 0 Å². The summed E-state index contributed by atoms with van der Waals surface area (Å²) in [7, 11) is 0. The van der Waals surface area contributed by atoms with Gasteiger partial charge in [-0.25, -0.2) is 4.79 Å². The predicted octanol–water partition coefficient (Wildman–Crippen LogP) is 1.38. The second kappa shape index (κ2) is 3.42. The van der Waals surface area contributed by atoms with Crippen LogP contribution in [0.15, 0.2) is 0 Å². The van der Waals surface area contributed by atoms with E-state index in [0.29, 0.717) is 6.92 Å². The van der Waals surface area contributed by atoms with Gasteiger partial charge in [0.05, 0.1) is 5.92 Å². The highest BCUT2D eigenvalue weighted by atomic mass is 19.3. The van der Waals surface area contributed by atoms with Crippen LogP contribution in [0, 0.1) is 23.7 Å². The van der Waals surface area contributed by atoms with Gasteiger partial charge in [-0.3, -0.25) is 4.79 Å². The lowest BCUT2D eigenvalue weighted by atomic mass is 9.80. The number of carbonyl (C=O) groups excluding carboxylic acids is 2. The van der Waals surface area contributed by atoms with E-state index < -0.39 is 24.1 Å². The molecule has 1 heterocycles. The number of hydrogen-bond donors (Lipinski definition) is 0. The molecule has 0 aromatic heterocycles. The molecule has 3 fully saturated rings. The molecule has 100 valence electrons. The van der Waals surface area contributed by atoms with Crippen molar-refractivity contribution in [1.29, 1.82) is 0 Å². The van der Waals surface area contributed by atoms with Gasteiger partial charge in [-0.2, -0.15) is 8.78 Å². The van der Waals surface area contributed by atoms with Gasteiger partial charge >= 0.3 is 17.9 Å². The Kier molecular flexibility index (Phi) is 2.26. The summed E-state index contributed by atoms with van der Waals surface area (Å²) in [4.78, 5) is 22.9. The van der Waals surface area contributed by atoms with Gasteiger partial charge in [-0.05, 0) is 12.3 Å². The van der Waals surface area contributed by atoms with E-state index in [2.05, 4.69) is 0 Å². The van der Waals surface area contributed by atoms with E-state index in [-0.39, 0.29) is 29.6 Å². The molecule has 2 aliphatic carbocycles. The van der Waals surface area contributed by atoms with Gasteiger partial charge in [0.2, 0.25) is 0 Å². The standard InChI is InChI=1S/C12H14F2O4/c1-4-5-3-6-7(4)10(15)17-9(6)8(5)18-11(16)12(2,13)14/h4-9H,3H2,1-2H3. The first-order valence-corrected chi connectivity index (χ1v) is 6.10. The molecule has 1 aliphatic heterocycles. The van der Waals surface area contributed by atoms with Crippen molar-refractivity contribution in [1.82, 2.24) is 0 Å². The third-order valence-corrected chi connectivity index (χ3v) is 4.54. The first kappa shape index (κ1) is 11.9. The number of esters is 2. The normalized spacial score (nSPS) is 45.2. The Bertz CT molecular complexity index is 417. The smallest absolute Gasteiger partial charge is 0.377 e. The Morgan fingerprint density at radius 3 is 2.72 bits per heavy atom. The monoisotopic (exact) mass is 260 g/mol. The minimum atomic E-state index is -3.51. The second-order valence-electron chi connectivity index (χ2n) is 5.61. The molecule has 6 atom stereocenters. The Labute approximate surface area is 103 Å². The topological polar surface area (TPSA) is 52.6 Å². The molecule has 4 nitrogen and oxygen atoms in total. The first-order chi connectivity index (χ1) is 8.30. The van der Waals surface area contributed by atoms with Gasteiger partial charge in [0.1, 0.15) is 12.2 Å². The summed E-state index contributed by atoms with van der Waals surface area (Å²) >= 11 is 0. The van der Waals surface area contributed by atoms with E-state index in [1.54, 1.807) is 0 Å². The summed E-state index contributed by atoms with van der Waals surface area (Å²) in [5.41, 5.74) is 0. The molecule has 2 saturated carbocycles. The van der Waals surface area contributed by atoms with Crippen LogP contribution in [0.25, 0.3) is 0 Å². The molecular formula is C12H14F2O4. The van der Waals surface area contributed by atoms with E-state index in [4.69, 9.17) is 9.47 Å². The maximum absolute atomic E-state index is 12.8. The van der Waals surface area contributed by atoms with Crippen LogP contribution in [0.2, 0.25) is 0 Å². The van der Waals surface area contributed by atoms with Crippen LogP contribution in [0.5, 0.6) is 0 Å². The van der Waals surface area contributed by atoms with Crippen molar-refractivity contribution < 1.29 is 27.8 Å². The SMILES string of the molecule is CC1C2CC3C(OC(=O)C13)C2OC(=O)C(C)(F)F. The number of carbonyl (C=O) groups is 2. The van der Waals surface area contributed by atoms with Crippen molar-refractivity contribution in [3.63, 3.8) is 0 Å². The third kappa shape index (κ3) is 1.40. The molecule has 0 radical (unpaired) electrons. The molecule has 18 heavy (non-hydrogen) atoms. The molecule has 0 aromatic rings. The number of rotatable bonds is 2. The molecule has 6 heteroatoms. The third-order valence-electron chi connectivity index (χ3n) is 4.54. The summed E-state index contributed by atoms with van der Waals surface area (Å²) < 4.78 is 35.8. The summed E-state index contributed by atoms with van der Waals surface area (Å²) in [6.45, 7) is 2.40. The fraction of sp³-hybridized carbons (Fsp3) is 0.833. The van der Waals surface area contributed by atoms with Crippen molar-refractivity contribution in [2.24, 2.45) is 23.7 Å². The molecule has 3 rings (SSSR count). The molecule has 0 aromatic carbocycles. The Balaban J connectivity index is 1.80. The van der Waals surface area contributed by atoms with Crippen LogP contribution >= 0.6 is 0 Å². The fourth-order valence-corrected chi connectivity index (χ4v) is 3.73. The maximum Gasteiger partial charge on any atom is 0.377 e. The number of ether oxygens (including phenoxy) is 2. The van der Waals surface area contributed by atoms with E-state index in [0.717, 1.165) is 6.42 Å². The quantitative estimate of drug-likeness (QED) is 0.704. The predicted molar refractivity (Wildman–Crippen MR) is 54.6 cm³/mol. The maximum atomic E-state index is 12.8. The summed E-state index contributed by atoms with van der Waals surface area (Å²) in [5.74, 6) is -5.44. The highest BCUT2D eigenvalue weighted by Gasteiger charge is 2.67. The van der Waals surface area contributed by atoms with Crippen LogP contribution < -0.4 is 0 Å². The first-order valence-electron chi connectivity index (χ1n) is 6.10. The molecule has 2 bridgehead atoms. The van der Waals surface area contributed by atoms with Crippen molar-refractivity contribution in [3.05, 3.63) is 0 Å². The molecule has 0 spiro atoms. The zero-order valence-corrected chi connectivity index (χ0v) is 10.1. The van der Waals surface area contributed by atoms with Gasteiger partial charge in [0.25, 0.3) is 0 Å². The lowest BCUT2D eigenvalue weighted by Crippen LogP contribution is -2.42. The molecule has 3 aliphatic rings. The van der Waals surface area contributed by atoms with Crippen molar-refractivity contribution in [2.75, 3.05) is 0 Å². The highest BCUT2D eigenvalue weighted by molar-refractivity contribution is 5.79. The Morgan fingerprint density at radius 1 is 1.44 bits per heavy atom. The van der Waals surface area contributed by atoms with Crippen molar-refractivity contribution >= 4 is 11.9 Å². The van der Waals surface area contributed by atoms with E-state index in [9.17, 15) is 18.4 Å². The lowest BCUT2D eigenvalue weighted by molar-refractivity contribution is -0.184. The summed E-state index contributed by atoms with van der Waals surface area (Å²) in [6.07, 6.45) is -0.504. The Hall–Kier alpha value is -1.20. The zero-order valence-electron chi connectivity index (χ0n) is 10.1. The molecular weight excluding hydrogens is 246 g/mol. The number of alkyl halides is 2. The number of hydrogen-bond acceptors (Lipinski definition) is 4. The molecule has 0 amide bonds. The van der Waals surface area contributed by atoms with Crippen LogP contribution in [-0.4, -0.2) is 30.1 Å². The molecule has 0 N–H and O–H groups in total. The largest absolute Gasteiger partial charge is 0.458 e. The molecule has 1 saturated heterocycles. The number of fused-ring (bicyclic) bond motifs is 1. The van der Waals surface area contributed by atoms with Crippen LogP contribution in [0.3, 0.4) is 0 Å². The van der Waals surface area contributed by atoms with Gasteiger partial charge in [0, 0.05) is 18.8 Å². The zero-order chi connectivity index (χ0) is 13.2. The van der Waals surface area contributed by atoms with E-state index in [1.807, 2.05) is 6.92 Å². The number of halogens is 2. The van der Waals surface area contributed by atoms with E-state index in [1.165, 1.54) is 0 Å². The molecule has 6 unspecified atom stereocenters. The fourth-order valence-electron chi connectivity index (χ4n) is 3.73. The van der Waals surface area contributed by atoms with Gasteiger partial charge in [0.15, 0.2) is 0 Å². The minimum Gasteiger partial charge on any atom is -0.458 e. The minimum absolute atomic E-state index is 0.0285. The van der Waals surface area contributed by atoms with Gasteiger partial charge < -0.3 is 9.47 Å². The highest BCUT2D eigenvalue weighted by Crippen LogP contribution is 2.58. The van der Waals surface area contributed by atoms with Crippen LogP contribution in [-0.2, 0) is 19.1 Å². The van der Waals surface area contributed by atoms with Crippen LogP contribution in [0.4, 0.5) is 8.78 Å². The average Bonchev–Trinajstić information content (AvgIpc) is 2.81. The van der Waals surface area contributed by atoms with Gasteiger partial charge in [-0.1, -0.05) is 6.92 Å². The second-order valence-corrected chi connectivity index (χ2v) is 5.61. The lowest BCUT2D eigenvalue weighted by Gasteiger charge is -2.29.